The lowest BCUT2D eigenvalue weighted by Crippen LogP contribution is -2.34. The molecular weight excluding hydrogens is 301 g/mol. The van der Waals surface area contributed by atoms with Crippen LogP contribution in [0.2, 0.25) is 0 Å². The van der Waals surface area contributed by atoms with Gasteiger partial charge in [0.1, 0.15) is 5.82 Å². The molecule has 0 aromatic heterocycles. The van der Waals surface area contributed by atoms with Crippen molar-refractivity contribution in [3.63, 3.8) is 0 Å². The van der Waals surface area contributed by atoms with E-state index >= 15 is 0 Å². The smallest absolute Gasteiger partial charge is 0.177 e. The molecule has 0 bridgehead atoms. The van der Waals surface area contributed by atoms with Gasteiger partial charge in [-0.05, 0) is 48.3 Å². The van der Waals surface area contributed by atoms with E-state index in [4.69, 9.17) is 9.47 Å². The Morgan fingerprint density at radius 1 is 1.39 bits per heavy atom. The van der Waals surface area contributed by atoms with Crippen molar-refractivity contribution in [1.82, 2.24) is 5.32 Å². The Hall–Kier alpha value is -0.810. The van der Waals surface area contributed by atoms with E-state index in [1.165, 1.54) is 7.11 Å². The number of hydrogen-bond donors (Lipinski definition) is 1. The average Bonchev–Trinajstić information content (AvgIpc) is 2.80. The third-order valence-corrected chi connectivity index (χ3v) is 4.22. The van der Waals surface area contributed by atoms with Crippen LogP contribution < -0.4 is 14.8 Å². The predicted molar refractivity (Wildman–Crippen MR) is 71.8 cm³/mol. The van der Waals surface area contributed by atoms with Gasteiger partial charge < -0.3 is 14.8 Å². The lowest BCUT2D eigenvalue weighted by Gasteiger charge is -2.27. The van der Waals surface area contributed by atoms with E-state index in [9.17, 15) is 4.39 Å². The van der Waals surface area contributed by atoms with Gasteiger partial charge in [0.25, 0.3) is 0 Å². The highest BCUT2D eigenvalue weighted by molar-refractivity contribution is 9.10. The van der Waals surface area contributed by atoms with E-state index in [1.807, 2.05) is 6.92 Å². The first kappa shape index (κ1) is 13.6. The Labute approximate surface area is 115 Å². The Balaban J connectivity index is 2.58. The minimum atomic E-state index is -0.341. The number of hydrogen-bond acceptors (Lipinski definition) is 3. The van der Waals surface area contributed by atoms with E-state index < -0.39 is 0 Å². The zero-order valence-corrected chi connectivity index (χ0v) is 12.4. The van der Waals surface area contributed by atoms with E-state index in [0.717, 1.165) is 19.4 Å². The molecule has 1 aromatic rings. The first-order valence-corrected chi connectivity index (χ1v) is 6.68. The minimum Gasteiger partial charge on any atom is -0.493 e. The van der Waals surface area contributed by atoms with Gasteiger partial charge in [-0.3, -0.25) is 0 Å². The molecule has 100 valence electrons. The summed E-state index contributed by atoms with van der Waals surface area (Å²) in [6.07, 6.45) is 1.95. The molecule has 1 aliphatic rings. The highest BCUT2D eigenvalue weighted by atomic mass is 79.9. The molecule has 1 heterocycles. The minimum absolute atomic E-state index is 0.287. The summed E-state index contributed by atoms with van der Waals surface area (Å²) < 4.78 is 25.2. The quantitative estimate of drug-likeness (QED) is 0.928. The molecule has 1 N–H and O–H groups in total. The maximum Gasteiger partial charge on any atom is 0.177 e. The van der Waals surface area contributed by atoms with Gasteiger partial charge in [-0.25, -0.2) is 4.39 Å². The van der Waals surface area contributed by atoms with Crippen molar-refractivity contribution in [3.05, 3.63) is 21.9 Å². The summed E-state index contributed by atoms with van der Waals surface area (Å²) in [5.74, 6) is 0.639. The molecule has 1 unspecified atom stereocenters. The molecule has 0 spiro atoms. The van der Waals surface area contributed by atoms with E-state index in [2.05, 4.69) is 21.2 Å². The van der Waals surface area contributed by atoms with Gasteiger partial charge in [0.2, 0.25) is 0 Å². The van der Waals surface area contributed by atoms with Crippen LogP contribution in [-0.2, 0) is 5.54 Å². The van der Waals surface area contributed by atoms with Gasteiger partial charge in [-0.15, -0.1) is 0 Å². The van der Waals surface area contributed by atoms with E-state index in [1.54, 1.807) is 13.2 Å². The van der Waals surface area contributed by atoms with Crippen molar-refractivity contribution >= 4 is 15.9 Å². The molecule has 0 amide bonds. The molecule has 0 radical (unpaired) electrons. The monoisotopic (exact) mass is 317 g/mol. The standard InChI is InChI=1S/C13H17BrFNO2/c1-13(5-4-6-16-13)8-7-9(17-2)12(18-3)10(14)11(8)15/h7,16H,4-6H2,1-3H3. The lowest BCUT2D eigenvalue weighted by atomic mass is 9.90. The van der Waals surface area contributed by atoms with Crippen LogP contribution in [0, 0.1) is 5.82 Å². The second-order valence-electron chi connectivity index (χ2n) is 4.65. The molecule has 1 aromatic carbocycles. The Bertz CT molecular complexity index is 459. The lowest BCUT2D eigenvalue weighted by molar-refractivity contribution is 0.342. The summed E-state index contributed by atoms with van der Waals surface area (Å²) in [5.41, 5.74) is 0.274. The van der Waals surface area contributed by atoms with Crippen LogP contribution in [-0.4, -0.2) is 20.8 Å². The molecule has 5 heteroatoms. The summed E-state index contributed by atoms with van der Waals surface area (Å²) in [5, 5.41) is 3.35. The molecule has 18 heavy (non-hydrogen) atoms. The molecule has 3 nitrogen and oxygen atoms in total. The number of halogens is 2. The van der Waals surface area contributed by atoms with E-state index in [-0.39, 0.29) is 11.4 Å². The molecule has 1 aliphatic heterocycles. The molecule has 1 saturated heterocycles. The second kappa shape index (κ2) is 5.05. The predicted octanol–water partition coefficient (Wildman–Crippen LogP) is 3.20. The first-order valence-electron chi connectivity index (χ1n) is 5.89. The maximum absolute atomic E-state index is 14.4. The second-order valence-corrected chi connectivity index (χ2v) is 5.44. The Kier molecular flexibility index (Phi) is 3.82. The van der Waals surface area contributed by atoms with Crippen LogP contribution in [0.15, 0.2) is 10.5 Å². The summed E-state index contributed by atoms with van der Waals surface area (Å²) in [6, 6.07) is 1.72. The van der Waals surface area contributed by atoms with Gasteiger partial charge >= 0.3 is 0 Å². The molecule has 0 saturated carbocycles. The normalized spacial score (nSPS) is 23.2. The summed E-state index contributed by atoms with van der Waals surface area (Å²) >= 11 is 3.25. The fraction of sp³-hybridized carbons (Fsp3) is 0.538. The fourth-order valence-corrected chi connectivity index (χ4v) is 3.02. The SMILES string of the molecule is COc1cc(C2(C)CCCN2)c(F)c(Br)c1OC. The van der Waals surface area contributed by atoms with Crippen LogP contribution in [0.4, 0.5) is 4.39 Å². The summed E-state index contributed by atoms with van der Waals surface area (Å²) in [4.78, 5) is 0. The van der Waals surface area contributed by atoms with Gasteiger partial charge in [-0.2, -0.15) is 0 Å². The zero-order valence-electron chi connectivity index (χ0n) is 10.8. The van der Waals surface area contributed by atoms with Gasteiger partial charge in [0.15, 0.2) is 11.5 Å². The number of nitrogens with one attached hydrogen (secondary N) is 1. The van der Waals surface area contributed by atoms with Crippen LogP contribution >= 0.6 is 15.9 Å². The Morgan fingerprint density at radius 3 is 2.61 bits per heavy atom. The fourth-order valence-electron chi connectivity index (χ4n) is 2.45. The average molecular weight is 318 g/mol. The topological polar surface area (TPSA) is 30.5 Å². The van der Waals surface area contributed by atoms with Gasteiger partial charge in [0, 0.05) is 11.1 Å². The molecule has 1 atom stereocenters. The molecule has 1 fully saturated rings. The largest absolute Gasteiger partial charge is 0.493 e. The van der Waals surface area contributed by atoms with Crippen molar-refractivity contribution in [3.8, 4) is 11.5 Å². The number of benzene rings is 1. The van der Waals surface area contributed by atoms with Gasteiger partial charge in [0.05, 0.1) is 18.7 Å². The first-order chi connectivity index (χ1) is 8.53. The van der Waals surface area contributed by atoms with Gasteiger partial charge in [-0.1, -0.05) is 0 Å². The summed E-state index contributed by atoms with van der Waals surface area (Å²) in [6.45, 7) is 2.92. The molecular formula is C13H17BrFNO2. The van der Waals surface area contributed by atoms with Crippen LogP contribution in [0.1, 0.15) is 25.3 Å². The van der Waals surface area contributed by atoms with Crippen LogP contribution in [0.3, 0.4) is 0 Å². The molecule has 2 rings (SSSR count). The Morgan fingerprint density at radius 2 is 2.11 bits per heavy atom. The number of ether oxygens (including phenoxy) is 2. The van der Waals surface area contributed by atoms with E-state index in [0.29, 0.717) is 21.5 Å². The van der Waals surface area contributed by atoms with Crippen molar-refractivity contribution in [2.75, 3.05) is 20.8 Å². The zero-order chi connectivity index (χ0) is 13.3. The van der Waals surface area contributed by atoms with Crippen molar-refractivity contribution in [2.24, 2.45) is 0 Å². The maximum atomic E-state index is 14.4. The molecule has 0 aliphatic carbocycles. The van der Waals surface area contributed by atoms with Crippen molar-refractivity contribution in [1.29, 1.82) is 0 Å². The van der Waals surface area contributed by atoms with Crippen LogP contribution in [0.25, 0.3) is 0 Å². The highest BCUT2D eigenvalue weighted by Crippen LogP contribution is 2.43. The number of rotatable bonds is 3. The van der Waals surface area contributed by atoms with Crippen molar-refractivity contribution < 1.29 is 13.9 Å². The third kappa shape index (κ3) is 2.10. The number of methoxy groups -OCH3 is 2. The third-order valence-electron chi connectivity index (χ3n) is 3.51. The summed E-state index contributed by atoms with van der Waals surface area (Å²) in [7, 11) is 3.05. The highest BCUT2D eigenvalue weighted by Gasteiger charge is 2.35. The van der Waals surface area contributed by atoms with Crippen molar-refractivity contribution in [2.45, 2.75) is 25.3 Å². The van der Waals surface area contributed by atoms with Crippen LogP contribution in [0.5, 0.6) is 11.5 Å².